The van der Waals surface area contributed by atoms with Crippen LogP contribution < -0.4 is 10.6 Å². The number of anilines is 1. The van der Waals surface area contributed by atoms with Crippen LogP contribution in [0.4, 0.5) is 5.82 Å². The van der Waals surface area contributed by atoms with Crippen LogP contribution in [0.5, 0.6) is 0 Å². The molecule has 0 atom stereocenters. The van der Waals surface area contributed by atoms with Gasteiger partial charge in [0, 0.05) is 13.1 Å². The maximum atomic E-state index is 5.86. The molecular formula is C9H15ClN4. The van der Waals surface area contributed by atoms with Gasteiger partial charge in [-0.25, -0.2) is 9.97 Å². The third-order valence-electron chi connectivity index (χ3n) is 1.69. The lowest BCUT2D eigenvalue weighted by Crippen LogP contribution is -2.23. The Morgan fingerprint density at radius 3 is 2.93 bits per heavy atom. The molecule has 1 heterocycles. The standard InChI is InChI=1S/C9H15ClN4/c1-2-3-11-4-5-13-9-8(10)6-12-7-14-9/h6-7,11H,2-5H2,1H3,(H,12,13,14). The van der Waals surface area contributed by atoms with E-state index >= 15 is 0 Å². The topological polar surface area (TPSA) is 49.8 Å². The van der Waals surface area contributed by atoms with Crippen molar-refractivity contribution in [2.24, 2.45) is 0 Å². The largest absolute Gasteiger partial charge is 0.367 e. The summed E-state index contributed by atoms with van der Waals surface area (Å²) >= 11 is 5.86. The quantitative estimate of drug-likeness (QED) is 0.706. The average Bonchev–Trinajstić information content (AvgIpc) is 2.20. The van der Waals surface area contributed by atoms with E-state index in [1.165, 1.54) is 6.33 Å². The first kappa shape index (κ1) is 11.2. The van der Waals surface area contributed by atoms with Crippen molar-refractivity contribution in [1.82, 2.24) is 15.3 Å². The smallest absolute Gasteiger partial charge is 0.148 e. The minimum atomic E-state index is 0.558. The molecule has 0 aliphatic rings. The summed E-state index contributed by atoms with van der Waals surface area (Å²) < 4.78 is 0. The molecule has 0 bridgehead atoms. The summed E-state index contributed by atoms with van der Waals surface area (Å²) in [7, 11) is 0. The van der Waals surface area contributed by atoms with Crippen molar-refractivity contribution in [3.8, 4) is 0 Å². The van der Waals surface area contributed by atoms with Gasteiger partial charge in [0.25, 0.3) is 0 Å². The van der Waals surface area contributed by atoms with Gasteiger partial charge < -0.3 is 10.6 Å². The van der Waals surface area contributed by atoms with E-state index in [0.717, 1.165) is 26.1 Å². The molecule has 0 aliphatic carbocycles. The van der Waals surface area contributed by atoms with Gasteiger partial charge in [-0.1, -0.05) is 18.5 Å². The lowest BCUT2D eigenvalue weighted by atomic mass is 10.4. The summed E-state index contributed by atoms with van der Waals surface area (Å²) in [6.45, 7) is 4.91. The number of aromatic nitrogens is 2. The number of hydrogen-bond acceptors (Lipinski definition) is 4. The zero-order chi connectivity index (χ0) is 10.2. The number of nitrogens with one attached hydrogen (secondary N) is 2. The molecule has 0 amide bonds. The minimum absolute atomic E-state index is 0.558. The van der Waals surface area contributed by atoms with Gasteiger partial charge in [0.15, 0.2) is 0 Å². The van der Waals surface area contributed by atoms with Crippen LogP contribution >= 0.6 is 11.6 Å². The van der Waals surface area contributed by atoms with E-state index in [9.17, 15) is 0 Å². The lowest BCUT2D eigenvalue weighted by molar-refractivity contribution is 0.687. The van der Waals surface area contributed by atoms with Crippen LogP contribution in [0.2, 0.25) is 5.02 Å². The highest BCUT2D eigenvalue weighted by Gasteiger charge is 1.98. The van der Waals surface area contributed by atoms with Gasteiger partial charge in [-0.15, -0.1) is 0 Å². The second kappa shape index (κ2) is 6.56. The Morgan fingerprint density at radius 2 is 2.21 bits per heavy atom. The van der Waals surface area contributed by atoms with E-state index in [4.69, 9.17) is 11.6 Å². The van der Waals surface area contributed by atoms with Gasteiger partial charge in [0.05, 0.1) is 6.20 Å². The highest BCUT2D eigenvalue weighted by molar-refractivity contribution is 6.32. The van der Waals surface area contributed by atoms with E-state index in [2.05, 4.69) is 27.5 Å². The maximum Gasteiger partial charge on any atom is 0.148 e. The van der Waals surface area contributed by atoms with Gasteiger partial charge in [0.2, 0.25) is 0 Å². The summed E-state index contributed by atoms with van der Waals surface area (Å²) in [6.07, 6.45) is 4.21. The summed E-state index contributed by atoms with van der Waals surface area (Å²) in [5.41, 5.74) is 0. The zero-order valence-electron chi connectivity index (χ0n) is 8.26. The molecule has 0 fully saturated rings. The molecule has 2 N–H and O–H groups in total. The molecule has 0 saturated carbocycles. The van der Waals surface area contributed by atoms with Crippen molar-refractivity contribution in [2.75, 3.05) is 25.0 Å². The van der Waals surface area contributed by atoms with Crippen LogP contribution in [-0.2, 0) is 0 Å². The Kier molecular flexibility index (Phi) is 5.25. The monoisotopic (exact) mass is 214 g/mol. The van der Waals surface area contributed by atoms with Gasteiger partial charge in [-0.3, -0.25) is 0 Å². The number of halogens is 1. The van der Waals surface area contributed by atoms with Crippen LogP contribution in [0, 0.1) is 0 Å². The molecule has 0 saturated heterocycles. The molecule has 1 rings (SSSR count). The van der Waals surface area contributed by atoms with Crippen LogP contribution in [-0.4, -0.2) is 29.6 Å². The van der Waals surface area contributed by atoms with E-state index in [0.29, 0.717) is 10.8 Å². The Morgan fingerprint density at radius 1 is 1.36 bits per heavy atom. The predicted molar refractivity (Wildman–Crippen MR) is 58.7 cm³/mol. The molecule has 0 aromatic carbocycles. The Balaban J connectivity index is 2.21. The first-order valence-electron chi connectivity index (χ1n) is 4.74. The van der Waals surface area contributed by atoms with Crippen LogP contribution in [0.15, 0.2) is 12.5 Å². The average molecular weight is 215 g/mol. The molecular weight excluding hydrogens is 200 g/mol. The fourth-order valence-corrected chi connectivity index (χ4v) is 1.19. The van der Waals surface area contributed by atoms with Crippen molar-refractivity contribution < 1.29 is 0 Å². The molecule has 5 heteroatoms. The number of nitrogens with zero attached hydrogens (tertiary/aromatic N) is 2. The predicted octanol–water partition coefficient (Wildman–Crippen LogP) is 1.54. The van der Waals surface area contributed by atoms with Crippen LogP contribution in [0.3, 0.4) is 0 Å². The maximum absolute atomic E-state index is 5.86. The van der Waals surface area contributed by atoms with Crippen molar-refractivity contribution in [3.63, 3.8) is 0 Å². The Hall–Kier alpha value is -0.870. The first-order chi connectivity index (χ1) is 6.84. The highest BCUT2D eigenvalue weighted by Crippen LogP contribution is 2.14. The molecule has 14 heavy (non-hydrogen) atoms. The third kappa shape index (κ3) is 3.89. The van der Waals surface area contributed by atoms with Gasteiger partial charge in [-0.05, 0) is 13.0 Å². The van der Waals surface area contributed by atoms with Crippen molar-refractivity contribution in [1.29, 1.82) is 0 Å². The van der Waals surface area contributed by atoms with Crippen molar-refractivity contribution >= 4 is 17.4 Å². The van der Waals surface area contributed by atoms with Crippen LogP contribution in [0.1, 0.15) is 13.3 Å². The fraction of sp³-hybridized carbons (Fsp3) is 0.556. The molecule has 1 aromatic heterocycles. The summed E-state index contributed by atoms with van der Waals surface area (Å²) in [5.74, 6) is 0.694. The first-order valence-corrected chi connectivity index (χ1v) is 5.12. The van der Waals surface area contributed by atoms with Crippen molar-refractivity contribution in [2.45, 2.75) is 13.3 Å². The molecule has 1 aromatic rings. The SMILES string of the molecule is CCCNCCNc1ncncc1Cl. The Labute approximate surface area is 89.1 Å². The Bertz CT molecular complexity index is 267. The molecule has 4 nitrogen and oxygen atoms in total. The van der Waals surface area contributed by atoms with Gasteiger partial charge in [0.1, 0.15) is 17.2 Å². The minimum Gasteiger partial charge on any atom is -0.367 e. The van der Waals surface area contributed by atoms with Gasteiger partial charge >= 0.3 is 0 Å². The van der Waals surface area contributed by atoms with E-state index in [-0.39, 0.29) is 0 Å². The summed E-state index contributed by atoms with van der Waals surface area (Å²) in [5, 5.41) is 6.96. The summed E-state index contributed by atoms with van der Waals surface area (Å²) in [4.78, 5) is 7.82. The molecule has 0 unspecified atom stereocenters. The second-order valence-electron chi connectivity index (χ2n) is 2.90. The molecule has 0 aliphatic heterocycles. The van der Waals surface area contributed by atoms with E-state index < -0.39 is 0 Å². The molecule has 78 valence electrons. The summed E-state index contributed by atoms with van der Waals surface area (Å²) in [6, 6.07) is 0. The van der Waals surface area contributed by atoms with E-state index in [1.54, 1.807) is 6.20 Å². The molecule has 0 radical (unpaired) electrons. The molecule has 0 spiro atoms. The van der Waals surface area contributed by atoms with Crippen molar-refractivity contribution in [3.05, 3.63) is 17.5 Å². The lowest BCUT2D eigenvalue weighted by Gasteiger charge is -2.06. The normalized spacial score (nSPS) is 10.1. The van der Waals surface area contributed by atoms with Crippen LogP contribution in [0.25, 0.3) is 0 Å². The zero-order valence-corrected chi connectivity index (χ0v) is 9.01. The van der Waals surface area contributed by atoms with E-state index in [1.807, 2.05) is 0 Å². The number of rotatable bonds is 6. The third-order valence-corrected chi connectivity index (χ3v) is 1.97. The second-order valence-corrected chi connectivity index (χ2v) is 3.30. The van der Waals surface area contributed by atoms with Gasteiger partial charge in [-0.2, -0.15) is 0 Å². The fourth-order valence-electron chi connectivity index (χ4n) is 1.01. The number of hydrogen-bond donors (Lipinski definition) is 2. The highest BCUT2D eigenvalue weighted by atomic mass is 35.5.